The second-order valence-corrected chi connectivity index (χ2v) is 5.33. The van der Waals surface area contributed by atoms with Gasteiger partial charge in [0, 0.05) is 12.3 Å². The molecule has 0 fully saturated rings. The van der Waals surface area contributed by atoms with Gasteiger partial charge in [-0.2, -0.15) is 5.26 Å². The molecule has 1 aromatic heterocycles. The van der Waals surface area contributed by atoms with E-state index >= 15 is 0 Å². The average molecular weight is 315 g/mol. The summed E-state index contributed by atoms with van der Waals surface area (Å²) in [5.41, 5.74) is 0.834. The summed E-state index contributed by atoms with van der Waals surface area (Å²) in [5.74, 6) is -0.303. The smallest absolute Gasteiger partial charge is 0.348 e. The first kappa shape index (κ1) is 16.5. The van der Waals surface area contributed by atoms with E-state index in [4.69, 9.17) is 21.6 Å². The summed E-state index contributed by atoms with van der Waals surface area (Å²) in [5, 5.41) is 12.2. The number of nitrogens with zero attached hydrogens (tertiary/aromatic N) is 1. The van der Waals surface area contributed by atoms with Crippen molar-refractivity contribution in [2.75, 3.05) is 17.8 Å². The Morgan fingerprint density at radius 3 is 2.75 bits per heavy atom. The minimum Gasteiger partial charge on any atom is -0.462 e. The van der Waals surface area contributed by atoms with Gasteiger partial charge in [-0.1, -0.05) is 0 Å². The number of alkyl halides is 1. The lowest BCUT2D eigenvalue weighted by Crippen LogP contribution is -2.11. The number of nitrogens with one attached hydrogen (secondary N) is 1. The van der Waals surface area contributed by atoms with Gasteiger partial charge in [0.2, 0.25) is 5.91 Å². The molecule has 0 unspecified atom stereocenters. The van der Waals surface area contributed by atoms with Gasteiger partial charge in [-0.3, -0.25) is 4.79 Å². The van der Waals surface area contributed by atoms with Crippen molar-refractivity contribution >= 4 is 39.8 Å². The fourth-order valence-corrected chi connectivity index (χ4v) is 2.74. The Kier molecular flexibility index (Phi) is 6.49. The third-order valence-electron chi connectivity index (χ3n) is 2.51. The summed E-state index contributed by atoms with van der Waals surface area (Å²) in [7, 11) is 0. The summed E-state index contributed by atoms with van der Waals surface area (Å²) < 4.78 is 4.92. The molecule has 0 spiro atoms. The van der Waals surface area contributed by atoms with Crippen molar-refractivity contribution in [3.8, 4) is 6.07 Å². The number of halogens is 1. The SMILES string of the molecule is CCOC(=O)c1sc(NC(=O)CCCCl)c(C#N)c1C. The molecule has 0 aliphatic carbocycles. The zero-order chi connectivity index (χ0) is 15.1. The van der Waals surface area contributed by atoms with Crippen LogP contribution in [0.25, 0.3) is 0 Å². The third kappa shape index (κ3) is 3.95. The summed E-state index contributed by atoms with van der Waals surface area (Å²) in [4.78, 5) is 23.8. The first-order valence-corrected chi connectivity index (χ1v) is 7.46. The molecular formula is C13H15ClN2O3S. The van der Waals surface area contributed by atoms with Crippen LogP contribution in [0.15, 0.2) is 0 Å². The molecule has 0 aromatic carbocycles. The molecular weight excluding hydrogens is 300 g/mol. The lowest BCUT2D eigenvalue weighted by atomic mass is 10.2. The lowest BCUT2D eigenvalue weighted by molar-refractivity contribution is -0.116. The summed E-state index contributed by atoms with van der Waals surface area (Å²) >= 11 is 6.58. The maximum absolute atomic E-state index is 11.8. The van der Waals surface area contributed by atoms with Gasteiger partial charge in [0.25, 0.3) is 0 Å². The number of anilines is 1. The molecule has 0 atom stereocenters. The second-order valence-electron chi connectivity index (χ2n) is 3.93. The number of carbonyl (C=O) groups is 2. The number of esters is 1. The molecule has 1 heterocycles. The molecule has 1 amide bonds. The quantitative estimate of drug-likeness (QED) is 0.646. The van der Waals surface area contributed by atoms with Crippen LogP contribution < -0.4 is 5.32 Å². The van der Waals surface area contributed by atoms with Gasteiger partial charge in [-0.25, -0.2) is 4.79 Å². The topological polar surface area (TPSA) is 79.2 Å². The van der Waals surface area contributed by atoms with Gasteiger partial charge in [-0.05, 0) is 25.8 Å². The molecule has 0 bridgehead atoms. The Labute approximate surface area is 126 Å². The molecule has 0 aliphatic rings. The molecule has 0 saturated carbocycles. The number of hydrogen-bond acceptors (Lipinski definition) is 5. The maximum Gasteiger partial charge on any atom is 0.348 e. The number of nitriles is 1. The Morgan fingerprint density at radius 2 is 2.20 bits per heavy atom. The van der Waals surface area contributed by atoms with Crippen molar-refractivity contribution in [2.45, 2.75) is 26.7 Å². The van der Waals surface area contributed by atoms with Crippen molar-refractivity contribution in [1.82, 2.24) is 0 Å². The van der Waals surface area contributed by atoms with Gasteiger partial charge in [0.1, 0.15) is 15.9 Å². The molecule has 1 N–H and O–H groups in total. The van der Waals surface area contributed by atoms with E-state index in [1.165, 1.54) is 0 Å². The highest BCUT2D eigenvalue weighted by Crippen LogP contribution is 2.33. The molecule has 0 radical (unpaired) electrons. The van der Waals surface area contributed by atoms with Crippen LogP contribution in [0.5, 0.6) is 0 Å². The van der Waals surface area contributed by atoms with Crippen LogP contribution in [0.3, 0.4) is 0 Å². The van der Waals surface area contributed by atoms with Crippen LogP contribution in [-0.2, 0) is 9.53 Å². The Balaban J connectivity index is 2.97. The number of rotatable bonds is 6. The first-order chi connectivity index (χ1) is 9.54. The van der Waals surface area contributed by atoms with E-state index in [0.717, 1.165) is 11.3 Å². The number of amides is 1. The number of hydrogen-bond donors (Lipinski definition) is 1. The largest absolute Gasteiger partial charge is 0.462 e. The Bertz CT molecular complexity index is 549. The molecule has 20 heavy (non-hydrogen) atoms. The van der Waals surface area contributed by atoms with Gasteiger partial charge in [0.05, 0.1) is 12.2 Å². The van der Waals surface area contributed by atoms with E-state index in [-0.39, 0.29) is 18.9 Å². The van der Waals surface area contributed by atoms with E-state index in [2.05, 4.69) is 5.32 Å². The van der Waals surface area contributed by atoms with Crippen molar-refractivity contribution in [3.05, 3.63) is 16.0 Å². The zero-order valence-corrected chi connectivity index (χ0v) is 12.9. The van der Waals surface area contributed by atoms with Crippen LogP contribution >= 0.6 is 22.9 Å². The summed E-state index contributed by atoms with van der Waals surface area (Å²) in [6.45, 7) is 3.63. The van der Waals surface area contributed by atoms with Gasteiger partial charge in [0.15, 0.2) is 0 Å². The minimum absolute atomic E-state index is 0.223. The number of thiophene rings is 1. The minimum atomic E-state index is -0.479. The summed E-state index contributed by atoms with van der Waals surface area (Å²) in [6, 6.07) is 2.00. The van der Waals surface area contributed by atoms with Crippen molar-refractivity contribution in [3.63, 3.8) is 0 Å². The standard InChI is InChI=1S/C13H15ClN2O3S/c1-3-19-13(18)11-8(2)9(7-15)12(20-11)16-10(17)5-4-6-14/h3-6H2,1-2H3,(H,16,17). The van der Waals surface area contributed by atoms with Gasteiger partial charge in [-0.15, -0.1) is 22.9 Å². The van der Waals surface area contributed by atoms with E-state index in [1.807, 2.05) is 6.07 Å². The summed E-state index contributed by atoms with van der Waals surface area (Å²) in [6.07, 6.45) is 0.838. The number of carbonyl (C=O) groups excluding carboxylic acids is 2. The fourth-order valence-electron chi connectivity index (χ4n) is 1.54. The van der Waals surface area contributed by atoms with Gasteiger partial charge < -0.3 is 10.1 Å². The van der Waals surface area contributed by atoms with E-state index < -0.39 is 5.97 Å². The number of ether oxygens (including phenoxy) is 1. The second kappa shape index (κ2) is 7.88. The highest BCUT2D eigenvalue weighted by molar-refractivity contribution is 7.18. The predicted molar refractivity (Wildman–Crippen MR) is 78.3 cm³/mol. The third-order valence-corrected chi connectivity index (χ3v) is 3.96. The normalized spacial score (nSPS) is 9.90. The van der Waals surface area contributed by atoms with E-state index in [9.17, 15) is 9.59 Å². The molecule has 0 aliphatic heterocycles. The molecule has 0 saturated heterocycles. The Hall–Kier alpha value is -1.58. The lowest BCUT2D eigenvalue weighted by Gasteiger charge is -2.01. The van der Waals surface area contributed by atoms with Crippen molar-refractivity contribution in [1.29, 1.82) is 5.26 Å². The highest BCUT2D eigenvalue weighted by atomic mass is 35.5. The van der Waals surface area contributed by atoms with Crippen molar-refractivity contribution in [2.24, 2.45) is 0 Å². The van der Waals surface area contributed by atoms with Crippen LogP contribution in [0.1, 0.15) is 40.6 Å². The van der Waals surface area contributed by atoms with Crippen LogP contribution in [0.2, 0.25) is 0 Å². The monoisotopic (exact) mass is 314 g/mol. The van der Waals surface area contributed by atoms with Gasteiger partial charge >= 0.3 is 5.97 Å². The zero-order valence-electron chi connectivity index (χ0n) is 11.3. The van der Waals surface area contributed by atoms with Crippen LogP contribution in [0, 0.1) is 18.3 Å². The predicted octanol–water partition coefficient (Wildman–Crippen LogP) is 3.06. The van der Waals surface area contributed by atoms with Crippen molar-refractivity contribution < 1.29 is 14.3 Å². The maximum atomic E-state index is 11.8. The van der Waals surface area contributed by atoms with E-state index in [1.54, 1.807) is 13.8 Å². The van der Waals surface area contributed by atoms with E-state index in [0.29, 0.717) is 33.3 Å². The van der Waals surface area contributed by atoms with Crippen LogP contribution in [-0.4, -0.2) is 24.4 Å². The van der Waals surface area contributed by atoms with Crippen LogP contribution in [0.4, 0.5) is 5.00 Å². The molecule has 1 rings (SSSR count). The first-order valence-electron chi connectivity index (χ1n) is 6.11. The average Bonchev–Trinajstić information content (AvgIpc) is 2.72. The molecule has 108 valence electrons. The highest BCUT2D eigenvalue weighted by Gasteiger charge is 2.21. The fraction of sp³-hybridized carbons (Fsp3) is 0.462. The Morgan fingerprint density at radius 1 is 1.50 bits per heavy atom. The molecule has 7 heteroatoms. The molecule has 5 nitrogen and oxygen atoms in total. The molecule has 1 aromatic rings.